The molecule has 0 rings (SSSR count). The van der Waals surface area contributed by atoms with Gasteiger partial charge in [-0.3, -0.25) is 4.79 Å². The molecule has 0 saturated heterocycles. The van der Waals surface area contributed by atoms with E-state index in [0.717, 1.165) is 12.1 Å². The topological polar surface area (TPSA) is 17.1 Å². The Morgan fingerprint density at radius 2 is 1.12 bits per heavy atom. The Hall–Kier alpha value is -0.776. The molecule has 0 radical (unpaired) electrons. The molecule has 16 heavy (non-hydrogen) atoms. The molecule has 0 aliphatic heterocycles. The van der Waals surface area contributed by atoms with Crippen LogP contribution in [0.25, 0.3) is 0 Å². The van der Waals surface area contributed by atoms with Crippen LogP contribution in [0.2, 0.25) is 51.4 Å². The molecule has 0 aromatic rings. The summed E-state index contributed by atoms with van der Waals surface area (Å²) >= 11 is 0. The van der Waals surface area contributed by atoms with E-state index >= 15 is 0 Å². The average molecular weight is 250 g/mol. The zero-order chi connectivity index (χ0) is 12.8. The fourth-order valence-electron chi connectivity index (χ4n) is 0.811. The monoisotopic (exact) mass is 250 g/mol. The summed E-state index contributed by atoms with van der Waals surface area (Å²) in [6.07, 6.45) is 0. The van der Waals surface area contributed by atoms with Gasteiger partial charge in [-0.1, -0.05) is 51.1 Å². The van der Waals surface area contributed by atoms with E-state index in [1.165, 1.54) is 0 Å². The van der Waals surface area contributed by atoms with Crippen molar-refractivity contribution in [3.63, 3.8) is 0 Å². The predicted molar refractivity (Wildman–Crippen MR) is 76.9 cm³/mol. The molecule has 0 saturated carbocycles. The maximum atomic E-state index is 11.3. The van der Waals surface area contributed by atoms with Crippen LogP contribution < -0.4 is 0 Å². The lowest BCUT2D eigenvalue weighted by Gasteiger charge is -2.09. The van der Waals surface area contributed by atoms with Crippen LogP contribution >= 0.6 is 0 Å². The number of hydrogen-bond acceptors (Lipinski definition) is 1. The zero-order valence-electron chi connectivity index (χ0n) is 11.3. The molecule has 0 N–H and O–H groups in total. The molecule has 0 bridgehead atoms. The standard InChI is InChI=1S/C13H22OSi2/c1-15(2,3)11-7-9-13(14)10-8-12-16(4,5)6/h11-12H2,1-6H3. The Kier molecular flexibility index (Phi) is 5.79. The van der Waals surface area contributed by atoms with Crippen LogP contribution in [-0.2, 0) is 4.79 Å². The van der Waals surface area contributed by atoms with Gasteiger partial charge >= 0.3 is 0 Å². The third-order valence-electron chi connectivity index (χ3n) is 1.64. The highest BCUT2D eigenvalue weighted by molar-refractivity contribution is 6.77. The average Bonchev–Trinajstić information content (AvgIpc) is 1.98. The molecule has 3 heteroatoms. The molecule has 0 heterocycles. The van der Waals surface area contributed by atoms with Crippen LogP contribution in [-0.4, -0.2) is 21.9 Å². The Bertz CT molecular complexity index is 325. The minimum absolute atomic E-state index is 0.225. The van der Waals surface area contributed by atoms with Gasteiger partial charge in [0.05, 0.1) is 16.1 Å². The van der Waals surface area contributed by atoms with Crippen molar-refractivity contribution in [2.45, 2.75) is 51.4 Å². The molecule has 0 aromatic carbocycles. The van der Waals surface area contributed by atoms with Crippen LogP contribution in [0.3, 0.4) is 0 Å². The number of ketones is 1. The third-order valence-corrected chi connectivity index (χ3v) is 4.12. The van der Waals surface area contributed by atoms with Gasteiger partial charge < -0.3 is 0 Å². The van der Waals surface area contributed by atoms with Crippen molar-refractivity contribution in [2.24, 2.45) is 0 Å². The molecule has 0 unspecified atom stereocenters. The maximum Gasteiger partial charge on any atom is 0.279 e. The fraction of sp³-hybridized carbons (Fsp3) is 0.615. The first kappa shape index (κ1) is 15.2. The van der Waals surface area contributed by atoms with Crippen LogP contribution in [0.5, 0.6) is 0 Å². The molecule has 0 atom stereocenters. The third kappa shape index (κ3) is 11.3. The number of carbonyl (C=O) groups is 1. The first-order valence-corrected chi connectivity index (χ1v) is 13.0. The lowest BCUT2D eigenvalue weighted by Crippen LogP contribution is -2.18. The van der Waals surface area contributed by atoms with Crippen molar-refractivity contribution in [3.8, 4) is 23.7 Å². The summed E-state index contributed by atoms with van der Waals surface area (Å²) < 4.78 is 0. The number of Topliss-reactive ketones (excluding diaryl/α,β-unsaturated/α-hetero) is 1. The van der Waals surface area contributed by atoms with E-state index in [1.54, 1.807) is 0 Å². The lowest BCUT2D eigenvalue weighted by molar-refractivity contribution is -0.108. The molecule has 1 nitrogen and oxygen atoms in total. The van der Waals surface area contributed by atoms with Crippen molar-refractivity contribution in [3.05, 3.63) is 0 Å². The summed E-state index contributed by atoms with van der Waals surface area (Å²) in [7, 11) is -2.30. The molecule has 88 valence electrons. The summed E-state index contributed by atoms with van der Waals surface area (Å²) in [6.45, 7) is 13.4. The summed E-state index contributed by atoms with van der Waals surface area (Å²) in [5.41, 5.74) is 0. The van der Waals surface area contributed by atoms with Gasteiger partial charge in [0, 0.05) is 12.1 Å². The van der Waals surface area contributed by atoms with Crippen LogP contribution in [0.4, 0.5) is 0 Å². The Morgan fingerprint density at radius 1 is 0.812 bits per heavy atom. The van der Waals surface area contributed by atoms with Crippen molar-refractivity contribution in [1.29, 1.82) is 0 Å². The molecule has 0 aromatic heterocycles. The van der Waals surface area contributed by atoms with Gasteiger partial charge in [-0.25, -0.2) is 0 Å². The van der Waals surface area contributed by atoms with Gasteiger partial charge in [0.25, 0.3) is 5.78 Å². The minimum Gasteiger partial charge on any atom is -0.270 e. The van der Waals surface area contributed by atoms with E-state index in [-0.39, 0.29) is 5.78 Å². The second kappa shape index (κ2) is 6.08. The second-order valence-electron chi connectivity index (χ2n) is 6.41. The molecule has 0 aliphatic rings. The van der Waals surface area contributed by atoms with Gasteiger partial charge in [-0.2, -0.15) is 0 Å². The van der Waals surface area contributed by atoms with E-state index < -0.39 is 16.1 Å². The highest BCUT2D eigenvalue weighted by Crippen LogP contribution is 2.06. The van der Waals surface area contributed by atoms with Crippen LogP contribution in [0.1, 0.15) is 0 Å². The summed E-state index contributed by atoms with van der Waals surface area (Å²) in [5.74, 6) is 10.9. The van der Waals surface area contributed by atoms with E-state index in [9.17, 15) is 4.79 Å². The van der Waals surface area contributed by atoms with Gasteiger partial charge in [0.1, 0.15) is 0 Å². The maximum absolute atomic E-state index is 11.3. The number of carbonyl (C=O) groups excluding carboxylic acids is 1. The lowest BCUT2D eigenvalue weighted by atomic mass is 10.4. The first-order chi connectivity index (χ1) is 7.10. The SMILES string of the molecule is C[Si](C)(C)CC#CC(=O)C#CC[Si](C)(C)C. The van der Waals surface area contributed by atoms with E-state index in [1.807, 2.05) is 0 Å². The first-order valence-electron chi connectivity index (χ1n) is 5.62. The molecular formula is C13H22OSi2. The molecule has 0 amide bonds. The van der Waals surface area contributed by atoms with E-state index in [0.29, 0.717) is 0 Å². The van der Waals surface area contributed by atoms with Gasteiger partial charge in [0.2, 0.25) is 0 Å². The van der Waals surface area contributed by atoms with Crippen molar-refractivity contribution >= 4 is 21.9 Å². The van der Waals surface area contributed by atoms with E-state index in [2.05, 4.69) is 63.0 Å². The minimum atomic E-state index is -1.15. The van der Waals surface area contributed by atoms with Gasteiger partial charge in [-0.15, -0.1) is 0 Å². The van der Waals surface area contributed by atoms with Crippen molar-refractivity contribution < 1.29 is 4.79 Å². The van der Waals surface area contributed by atoms with Gasteiger partial charge in [-0.05, 0) is 11.8 Å². The summed E-state index contributed by atoms with van der Waals surface area (Å²) in [5, 5.41) is 0. The highest BCUT2D eigenvalue weighted by Gasteiger charge is 2.10. The molecule has 0 spiro atoms. The molecule has 0 aliphatic carbocycles. The summed E-state index contributed by atoms with van der Waals surface area (Å²) in [4.78, 5) is 11.3. The Balaban J connectivity index is 4.19. The van der Waals surface area contributed by atoms with Crippen LogP contribution in [0.15, 0.2) is 0 Å². The van der Waals surface area contributed by atoms with Crippen LogP contribution in [0, 0.1) is 23.7 Å². The van der Waals surface area contributed by atoms with E-state index in [4.69, 9.17) is 0 Å². The second-order valence-corrected chi connectivity index (χ2v) is 17.4. The molecular weight excluding hydrogens is 228 g/mol. The summed E-state index contributed by atoms with van der Waals surface area (Å²) in [6, 6.07) is 1.74. The number of rotatable bonds is 2. The zero-order valence-corrected chi connectivity index (χ0v) is 13.3. The highest BCUT2D eigenvalue weighted by atomic mass is 28.3. The Morgan fingerprint density at radius 3 is 1.38 bits per heavy atom. The predicted octanol–water partition coefficient (Wildman–Crippen LogP) is 3.24. The number of hydrogen-bond donors (Lipinski definition) is 0. The van der Waals surface area contributed by atoms with Crippen molar-refractivity contribution in [1.82, 2.24) is 0 Å². The molecule has 0 fully saturated rings. The van der Waals surface area contributed by atoms with Gasteiger partial charge in [0.15, 0.2) is 0 Å². The smallest absolute Gasteiger partial charge is 0.270 e. The quantitative estimate of drug-likeness (QED) is 0.418. The largest absolute Gasteiger partial charge is 0.279 e. The fourth-order valence-corrected chi connectivity index (χ4v) is 2.05. The van der Waals surface area contributed by atoms with Crippen molar-refractivity contribution in [2.75, 3.05) is 0 Å². The Labute approximate surface area is 102 Å². The normalized spacial score (nSPS) is 10.9.